The molecule has 21 heavy (non-hydrogen) atoms. The molecular formula is C17H36N4. The van der Waals surface area contributed by atoms with Crippen molar-refractivity contribution in [3.8, 4) is 0 Å². The lowest BCUT2D eigenvalue weighted by molar-refractivity contribution is 0.0309. The number of hydrogen-bond acceptors (Lipinski definition) is 4. The fourth-order valence-corrected chi connectivity index (χ4v) is 3.74. The first-order valence-corrected chi connectivity index (χ1v) is 8.74. The van der Waals surface area contributed by atoms with Gasteiger partial charge in [0.15, 0.2) is 0 Å². The van der Waals surface area contributed by atoms with Gasteiger partial charge in [-0.3, -0.25) is 9.80 Å². The minimum Gasteiger partial charge on any atom is -0.311 e. The molecule has 0 aromatic carbocycles. The van der Waals surface area contributed by atoms with Crippen LogP contribution in [-0.4, -0.2) is 86.2 Å². The average molecular weight is 297 g/mol. The summed E-state index contributed by atoms with van der Waals surface area (Å²) in [7, 11) is 4.55. The second-order valence-corrected chi connectivity index (χ2v) is 7.92. The number of piperazine rings is 2. The van der Waals surface area contributed by atoms with Gasteiger partial charge in [0.05, 0.1) is 0 Å². The van der Waals surface area contributed by atoms with Crippen LogP contribution in [0.5, 0.6) is 0 Å². The third kappa shape index (κ3) is 4.41. The van der Waals surface area contributed by atoms with E-state index >= 15 is 0 Å². The van der Waals surface area contributed by atoms with Crippen LogP contribution in [0.4, 0.5) is 0 Å². The summed E-state index contributed by atoms with van der Waals surface area (Å²) in [5, 5.41) is 3.77. The molecule has 4 nitrogen and oxygen atoms in total. The van der Waals surface area contributed by atoms with E-state index in [4.69, 9.17) is 0 Å². The molecule has 0 aromatic rings. The second kappa shape index (κ2) is 7.40. The van der Waals surface area contributed by atoms with Crippen molar-refractivity contribution < 1.29 is 0 Å². The van der Waals surface area contributed by atoms with E-state index in [9.17, 15) is 0 Å². The Labute approximate surface area is 131 Å². The van der Waals surface area contributed by atoms with E-state index in [1.165, 1.54) is 32.7 Å². The lowest BCUT2D eigenvalue weighted by Gasteiger charge is -2.47. The van der Waals surface area contributed by atoms with Gasteiger partial charge in [-0.15, -0.1) is 0 Å². The van der Waals surface area contributed by atoms with Crippen molar-refractivity contribution in [3.63, 3.8) is 0 Å². The number of likely N-dealkylation sites (N-methyl/N-ethyl adjacent to an activating group) is 2. The normalized spacial score (nSPS) is 34.0. The predicted octanol–water partition coefficient (Wildman–Crippen LogP) is 1.19. The molecule has 0 aromatic heterocycles. The average Bonchev–Trinajstić information content (AvgIpc) is 2.42. The monoisotopic (exact) mass is 296 g/mol. The third-order valence-corrected chi connectivity index (χ3v) is 5.49. The Bertz CT molecular complexity index is 318. The van der Waals surface area contributed by atoms with E-state index < -0.39 is 0 Å². The summed E-state index contributed by atoms with van der Waals surface area (Å²) >= 11 is 0. The highest BCUT2D eigenvalue weighted by molar-refractivity contribution is 4.92. The van der Waals surface area contributed by atoms with Gasteiger partial charge < -0.3 is 10.2 Å². The van der Waals surface area contributed by atoms with E-state index in [2.05, 4.69) is 61.8 Å². The van der Waals surface area contributed by atoms with Crippen LogP contribution in [0.15, 0.2) is 0 Å². The molecule has 1 N–H and O–H groups in total. The largest absolute Gasteiger partial charge is 0.311 e. The summed E-state index contributed by atoms with van der Waals surface area (Å²) in [6.07, 6.45) is 0. The Morgan fingerprint density at radius 3 is 2.33 bits per heavy atom. The lowest BCUT2D eigenvalue weighted by Crippen LogP contribution is -2.63. The van der Waals surface area contributed by atoms with Gasteiger partial charge >= 0.3 is 0 Å². The minimum absolute atomic E-state index is 0.645. The van der Waals surface area contributed by atoms with E-state index in [0.717, 1.165) is 12.5 Å². The lowest BCUT2D eigenvalue weighted by atomic mass is 9.93. The predicted molar refractivity (Wildman–Crippen MR) is 90.7 cm³/mol. The van der Waals surface area contributed by atoms with Crippen molar-refractivity contribution in [2.75, 3.05) is 53.4 Å². The van der Waals surface area contributed by atoms with Crippen molar-refractivity contribution in [2.24, 2.45) is 11.8 Å². The maximum absolute atomic E-state index is 3.77. The van der Waals surface area contributed by atoms with E-state index in [-0.39, 0.29) is 0 Å². The van der Waals surface area contributed by atoms with Crippen LogP contribution in [0.25, 0.3) is 0 Å². The molecule has 0 aliphatic carbocycles. The standard InChI is InChI=1S/C17H36N4/c1-13(2)16-12-21(17(9-18-16)14(3)4)11-15-10-19(5)7-8-20(15)6/h13-18H,7-12H2,1-6H3. The first kappa shape index (κ1) is 17.2. The maximum Gasteiger partial charge on any atom is 0.0347 e. The Kier molecular flexibility index (Phi) is 6.06. The maximum atomic E-state index is 3.77. The van der Waals surface area contributed by atoms with Crippen LogP contribution in [-0.2, 0) is 0 Å². The van der Waals surface area contributed by atoms with Crippen LogP contribution in [0.2, 0.25) is 0 Å². The zero-order chi connectivity index (χ0) is 15.6. The van der Waals surface area contributed by atoms with Crippen LogP contribution < -0.4 is 5.32 Å². The molecule has 0 bridgehead atoms. The topological polar surface area (TPSA) is 21.8 Å². The number of nitrogens with one attached hydrogen (secondary N) is 1. The highest BCUT2D eigenvalue weighted by Gasteiger charge is 2.34. The van der Waals surface area contributed by atoms with Crippen LogP contribution in [0.1, 0.15) is 27.7 Å². The molecular weight excluding hydrogens is 260 g/mol. The summed E-state index contributed by atoms with van der Waals surface area (Å²) in [4.78, 5) is 7.81. The number of nitrogens with zero attached hydrogens (tertiary/aromatic N) is 3. The highest BCUT2D eigenvalue weighted by atomic mass is 15.3. The zero-order valence-corrected chi connectivity index (χ0v) is 15.0. The van der Waals surface area contributed by atoms with E-state index in [0.29, 0.717) is 24.0 Å². The van der Waals surface area contributed by atoms with Crippen molar-refractivity contribution in [3.05, 3.63) is 0 Å². The Balaban J connectivity index is 2.01. The van der Waals surface area contributed by atoms with Crippen molar-refractivity contribution in [2.45, 2.75) is 45.8 Å². The van der Waals surface area contributed by atoms with Crippen molar-refractivity contribution >= 4 is 0 Å². The van der Waals surface area contributed by atoms with Gasteiger partial charge in [-0.2, -0.15) is 0 Å². The Morgan fingerprint density at radius 1 is 1.00 bits per heavy atom. The molecule has 3 unspecified atom stereocenters. The molecule has 2 saturated heterocycles. The van der Waals surface area contributed by atoms with Gasteiger partial charge in [0.2, 0.25) is 0 Å². The molecule has 2 fully saturated rings. The molecule has 2 aliphatic heterocycles. The Morgan fingerprint density at radius 2 is 1.71 bits per heavy atom. The van der Waals surface area contributed by atoms with Crippen LogP contribution in [0.3, 0.4) is 0 Å². The smallest absolute Gasteiger partial charge is 0.0347 e. The summed E-state index contributed by atoms with van der Waals surface area (Å²) in [6.45, 7) is 16.6. The van der Waals surface area contributed by atoms with Crippen molar-refractivity contribution in [1.29, 1.82) is 0 Å². The second-order valence-electron chi connectivity index (χ2n) is 7.92. The molecule has 4 heteroatoms. The zero-order valence-electron chi connectivity index (χ0n) is 15.0. The van der Waals surface area contributed by atoms with Gasteiger partial charge in [-0.25, -0.2) is 0 Å². The quantitative estimate of drug-likeness (QED) is 0.841. The van der Waals surface area contributed by atoms with Gasteiger partial charge in [0.1, 0.15) is 0 Å². The summed E-state index contributed by atoms with van der Waals surface area (Å²) < 4.78 is 0. The molecule has 0 spiro atoms. The van der Waals surface area contributed by atoms with E-state index in [1.807, 2.05) is 0 Å². The number of hydrogen-bond donors (Lipinski definition) is 1. The van der Waals surface area contributed by atoms with Gasteiger partial charge in [0, 0.05) is 57.4 Å². The highest BCUT2D eigenvalue weighted by Crippen LogP contribution is 2.20. The minimum atomic E-state index is 0.645. The summed E-state index contributed by atoms with van der Waals surface area (Å²) in [6, 6.07) is 2.00. The molecule has 3 atom stereocenters. The molecule has 2 rings (SSSR count). The summed E-state index contributed by atoms with van der Waals surface area (Å²) in [5.74, 6) is 1.43. The van der Waals surface area contributed by atoms with Crippen molar-refractivity contribution in [1.82, 2.24) is 20.0 Å². The van der Waals surface area contributed by atoms with Gasteiger partial charge in [-0.05, 0) is 25.9 Å². The molecule has 0 amide bonds. The summed E-state index contributed by atoms with van der Waals surface area (Å²) in [5.41, 5.74) is 0. The molecule has 2 heterocycles. The molecule has 124 valence electrons. The van der Waals surface area contributed by atoms with Gasteiger partial charge in [0.25, 0.3) is 0 Å². The first-order valence-electron chi connectivity index (χ1n) is 8.74. The first-order chi connectivity index (χ1) is 9.88. The van der Waals surface area contributed by atoms with Crippen LogP contribution in [0, 0.1) is 11.8 Å². The number of rotatable bonds is 4. The van der Waals surface area contributed by atoms with Gasteiger partial charge in [-0.1, -0.05) is 27.7 Å². The van der Waals surface area contributed by atoms with Crippen LogP contribution >= 0.6 is 0 Å². The third-order valence-electron chi connectivity index (χ3n) is 5.49. The SMILES string of the molecule is CC(C)C1CN(CC2CN(C)CCN2C)C(C(C)C)CN1. The van der Waals surface area contributed by atoms with E-state index in [1.54, 1.807) is 0 Å². The Hall–Kier alpha value is -0.160. The molecule has 2 aliphatic rings. The molecule has 0 saturated carbocycles. The fourth-order valence-electron chi connectivity index (χ4n) is 3.74. The fraction of sp³-hybridized carbons (Fsp3) is 1.00. The molecule has 0 radical (unpaired) electrons.